The van der Waals surface area contributed by atoms with Crippen LogP contribution in [-0.4, -0.2) is 35.7 Å². The van der Waals surface area contributed by atoms with Crippen molar-refractivity contribution in [1.29, 1.82) is 0 Å². The van der Waals surface area contributed by atoms with Crippen molar-refractivity contribution >= 4 is 36.1 Å². The first kappa shape index (κ1) is 28.9. The number of aromatic nitrogens is 2. The van der Waals surface area contributed by atoms with Gasteiger partial charge in [-0.25, -0.2) is 13.8 Å². The van der Waals surface area contributed by atoms with Crippen LogP contribution in [0.15, 0.2) is 47.6 Å². The molecule has 1 aromatic heterocycles. The summed E-state index contributed by atoms with van der Waals surface area (Å²) >= 11 is 6.06. The van der Waals surface area contributed by atoms with E-state index in [0.717, 1.165) is 48.2 Å². The number of Topliss-reactive ketones (excluding diaryl/α,β-unsaturated/α-hetero) is 1. The molecule has 0 aliphatic heterocycles. The second-order valence-electron chi connectivity index (χ2n) is 7.10. The van der Waals surface area contributed by atoms with Crippen molar-refractivity contribution in [3.63, 3.8) is 0 Å². The molecule has 0 amide bonds. The number of hydrogen-bond donors (Lipinski definition) is 0. The van der Waals surface area contributed by atoms with E-state index in [1.807, 2.05) is 0 Å². The van der Waals surface area contributed by atoms with Gasteiger partial charge in [0.2, 0.25) is 5.75 Å². The summed E-state index contributed by atoms with van der Waals surface area (Å²) in [6.45, 7) is -1.90. The van der Waals surface area contributed by atoms with Gasteiger partial charge in [-0.05, 0) is 43.3 Å². The van der Waals surface area contributed by atoms with Crippen LogP contribution in [0.2, 0.25) is 0 Å². The van der Waals surface area contributed by atoms with E-state index in [-0.39, 0.29) is 39.5 Å². The van der Waals surface area contributed by atoms with Crippen molar-refractivity contribution in [3.8, 4) is 17.4 Å². The normalized spacial score (nSPS) is 11.9. The summed E-state index contributed by atoms with van der Waals surface area (Å²) in [5, 5.41) is 0.00795. The number of carbonyl (C=O) groups is 1. The van der Waals surface area contributed by atoms with E-state index in [9.17, 15) is 26.7 Å². The highest BCUT2D eigenvalue weighted by Crippen LogP contribution is 2.51. The van der Waals surface area contributed by atoms with Crippen molar-refractivity contribution in [2.45, 2.75) is 18.3 Å². The topological polar surface area (TPSA) is 79.8 Å². The summed E-state index contributed by atoms with van der Waals surface area (Å²) in [4.78, 5) is 20.8. The molecule has 0 spiro atoms. The zero-order valence-corrected chi connectivity index (χ0v) is 21.9. The Morgan fingerprint density at radius 1 is 1.05 bits per heavy atom. The molecule has 0 saturated carbocycles. The van der Waals surface area contributed by atoms with Gasteiger partial charge in [0.25, 0.3) is 5.88 Å². The fourth-order valence-electron chi connectivity index (χ4n) is 2.75. The molecule has 7 nitrogen and oxygen atoms in total. The molecule has 0 bridgehead atoms. The van der Waals surface area contributed by atoms with Crippen LogP contribution in [-0.2, 0) is 27.0 Å². The standard InChI is InChI=1S/C22H18F5N2O5PS2/c1-12-19(33-15-6-4-5-14(10-15)22(25,26)27)20(34-35(36,31-2)32-3)29-21(28-12)37-11-18(30)13-7-8-16(23)17(24)9-13/h4-10H,11H2,1-3H3. The molecule has 0 radical (unpaired) electrons. The number of ketones is 1. The van der Waals surface area contributed by atoms with E-state index >= 15 is 0 Å². The van der Waals surface area contributed by atoms with Gasteiger partial charge < -0.3 is 18.3 Å². The van der Waals surface area contributed by atoms with Crippen molar-refractivity contribution in [1.82, 2.24) is 9.97 Å². The lowest BCUT2D eigenvalue weighted by Crippen LogP contribution is -2.07. The molecule has 15 heteroatoms. The van der Waals surface area contributed by atoms with Crippen molar-refractivity contribution in [2.24, 2.45) is 0 Å². The first-order valence-corrected chi connectivity index (χ1v) is 13.7. The Morgan fingerprint density at radius 2 is 1.76 bits per heavy atom. The van der Waals surface area contributed by atoms with Crippen LogP contribution in [0.1, 0.15) is 21.6 Å². The minimum absolute atomic E-state index is 0.00795. The number of nitrogens with zero attached hydrogens (tertiary/aromatic N) is 2. The van der Waals surface area contributed by atoms with Crippen LogP contribution < -0.4 is 9.26 Å². The molecule has 0 saturated heterocycles. The molecule has 3 aromatic rings. The molecule has 1 heterocycles. The first-order valence-electron chi connectivity index (χ1n) is 10.1. The largest absolute Gasteiger partial charge is 0.450 e. The molecule has 0 fully saturated rings. The average molecular weight is 580 g/mol. The molecule has 3 rings (SSSR count). The first-order chi connectivity index (χ1) is 17.3. The third-order valence-electron chi connectivity index (χ3n) is 4.58. The highest BCUT2D eigenvalue weighted by molar-refractivity contribution is 8.07. The molecule has 0 aliphatic rings. The highest BCUT2D eigenvalue weighted by Gasteiger charge is 2.31. The van der Waals surface area contributed by atoms with Crippen molar-refractivity contribution < 1.29 is 45.1 Å². The van der Waals surface area contributed by atoms with Crippen LogP contribution >= 0.6 is 18.5 Å². The summed E-state index contributed by atoms with van der Waals surface area (Å²) in [5.74, 6) is -3.66. The summed E-state index contributed by atoms with van der Waals surface area (Å²) in [7, 11) is 2.48. The second kappa shape index (κ2) is 11.8. The van der Waals surface area contributed by atoms with Crippen molar-refractivity contribution in [3.05, 3.63) is 70.9 Å². The van der Waals surface area contributed by atoms with Crippen LogP contribution in [0, 0.1) is 18.6 Å². The van der Waals surface area contributed by atoms with Crippen molar-refractivity contribution in [2.75, 3.05) is 20.0 Å². The predicted molar refractivity (Wildman–Crippen MR) is 129 cm³/mol. The number of aryl methyl sites for hydroxylation is 1. The number of alkyl halides is 3. The quantitative estimate of drug-likeness (QED) is 0.0851. The maximum absolute atomic E-state index is 13.5. The van der Waals surface area contributed by atoms with Gasteiger partial charge in [-0.3, -0.25) is 4.79 Å². The predicted octanol–water partition coefficient (Wildman–Crippen LogP) is 6.75. The number of rotatable bonds is 10. The molecule has 2 aromatic carbocycles. The number of thioether (sulfide) groups is 1. The zero-order chi connectivity index (χ0) is 27.4. The lowest BCUT2D eigenvalue weighted by atomic mass is 10.1. The van der Waals surface area contributed by atoms with Gasteiger partial charge in [-0.1, -0.05) is 17.8 Å². The van der Waals surface area contributed by atoms with E-state index in [2.05, 4.69) is 9.97 Å². The minimum Gasteiger partial charge on any atom is -0.450 e. The molecule has 37 heavy (non-hydrogen) atoms. The Labute approximate surface area is 217 Å². The second-order valence-corrected chi connectivity index (χ2v) is 11.2. The van der Waals surface area contributed by atoms with E-state index in [0.29, 0.717) is 0 Å². The molecule has 0 atom stereocenters. The Hall–Kier alpha value is -2.64. The van der Waals surface area contributed by atoms with Crippen LogP contribution in [0.3, 0.4) is 0 Å². The lowest BCUT2D eigenvalue weighted by molar-refractivity contribution is -0.137. The Balaban J connectivity index is 1.93. The third-order valence-corrected chi connectivity index (χ3v) is 7.84. The molecular weight excluding hydrogens is 562 g/mol. The van der Waals surface area contributed by atoms with Crippen LogP contribution in [0.4, 0.5) is 22.0 Å². The van der Waals surface area contributed by atoms with Gasteiger partial charge >= 0.3 is 12.9 Å². The third kappa shape index (κ3) is 7.45. The van der Waals surface area contributed by atoms with Crippen LogP contribution in [0.25, 0.3) is 0 Å². The van der Waals surface area contributed by atoms with Gasteiger partial charge in [0.15, 0.2) is 22.6 Å². The number of ether oxygens (including phenoxy) is 1. The zero-order valence-electron chi connectivity index (χ0n) is 19.3. The minimum atomic E-state index is -4.60. The summed E-state index contributed by atoms with van der Waals surface area (Å²) in [5.41, 5.74) is -0.856. The Bertz CT molecular complexity index is 1350. The molecular formula is C22H18F5N2O5PS2. The number of benzene rings is 2. The Kier molecular flexibility index (Phi) is 9.24. The summed E-state index contributed by atoms with van der Waals surface area (Å²) in [6, 6.07) is 6.88. The number of halogens is 5. The SMILES string of the molecule is COP(=S)(OC)Oc1nc(SCC(=O)c2ccc(F)c(F)c2)nc(C)c1Oc1cccc(C(F)(F)F)c1. The summed E-state index contributed by atoms with van der Waals surface area (Å²) in [6.07, 6.45) is -4.60. The maximum atomic E-state index is 13.5. The highest BCUT2D eigenvalue weighted by atomic mass is 32.5. The smallest absolute Gasteiger partial charge is 0.416 e. The fourth-order valence-corrected chi connectivity index (χ4v) is 4.37. The monoisotopic (exact) mass is 580 g/mol. The van der Waals surface area contributed by atoms with Gasteiger partial charge in [-0.15, -0.1) is 0 Å². The van der Waals surface area contributed by atoms with Gasteiger partial charge in [0.1, 0.15) is 5.75 Å². The van der Waals surface area contributed by atoms with E-state index in [1.54, 1.807) is 0 Å². The van der Waals surface area contributed by atoms with E-state index < -0.39 is 35.9 Å². The Morgan fingerprint density at radius 3 is 2.38 bits per heavy atom. The van der Waals surface area contributed by atoms with Gasteiger partial charge in [-0.2, -0.15) is 18.2 Å². The maximum Gasteiger partial charge on any atom is 0.416 e. The summed E-state index contributed by atoms with van der Waals surface area (Å²) < 4.78 is 87.5. The molecule has 0 aliphatic carbocycles. The van der Waals surface area contributed by atoms with Gasteiger partial charge in [0, 0.05) is 31.6 Å². The van der Waals surface area contributed by atoms with E-state index in [4.69, 9.17) is 30.1 Å². The molecule has 198 valence electrons. The fraction of sp³-hybridized carbons (Fsp3) is 0.227. The number of hydrogen-bond acceptors (Lipinski definition) is 9. The van der Waals surface area contributed by atoms with Gasteiger partial charge in [0.05, 0.1) is 17.0 Å². The molecule has 0 N–H and O–H groups in total. The average Bonchev–Trinajstić information content (AvgIpc) is 2.85. The molecule has 0 unspecified atom stereocenters. The van der Waals surface area contributed by atoms with E-state index in [1.165, 1.54) is 27.2 Å². The van der Waals surface area contributed by atoms with Crippen LogP contribution in [0.5, 0.6) is 17.4 Å². The number of carbonyl (C=O) groups excluding carboxylic acids is 1. The lowest BCUT2D eigenvalue weighted by Gasteiger charge is -2.20.